The summed E-state index contributed by atoms with van der Waals surface area (Å²) < 4.78 is 14.6. The Labute approximate surface area is 91.1 Å². The monoisotopic (exact) mass is 223 g/mol. The van der Waals surface area contributed by atoms with E-state index in [4.69, 9.17) is 5.73 Å². The Morgan fingerprint density at radius 2 is 2.20 bits per heavy atom. The molecule has 0 atom stereocenters. The second-order valence-corrected chi connectivity index (χ2v) is 3.83. The molecule has 1 aromatic carbocycles. The summed E-state index contributed by atoms with van der Waals surface area (Å²) in [5.41, 5.74) is 6.27. The molecular weight excluding hydrogens is 213 g/mol. The van der Waals surface area contributed by atoms with Crippen molar-refractivity contribution in [3.05, 3.63) is 36.1 Å². The van der Waals surface area contributed by atoms with Crippen LogP contribution in [0.3, 0.4) is 0 Å². The lowest BCUT2D eigenvalue weighted by Crippen LogP contribution is -1.99. The summed E-state index contributed by atoms with van der Waals surface area (Å²) in [7, 11) is 0. The molecule has 0 saturated carbocycles. The smallest absolute Gasteiger partial charge is 0.147 e. The van der Waals surface area contributed by atoms with E-state index in [2.05, 4.69) is 5.10 Å². The number of nitrogens with zero attached hydrogens (tertiary/aromatic N) is 2. The van der Waals surface area contributed by atoms with E-state index < -0.39 is 0 Å². The molecule has 0 unspecified atom stereocenters. The van der Waals surface area contributed by atoms with Crippen LogP contribution < -0.4 is 5.73 Å². The molecule has 0 bridgehead atoms. The third-order valence-corrected chi connectivity index (χ3v) is 2.67. The summed E-state index contributed by atoms with van der Waals surface area (Å²) in [6, 6.07) is 8.01. The van der Waals surface area contributed by atoms with Gasteiger partial charge in [0, 0.05) is 6.07 Å². The molecule has 0 aliphatic carbocycles. The Kier molecular flexibility index (Phi) is 2.64. The summed E-state index contributed by atoms with van der Waals surface area (Å²) in [5, 5.41) is 4.99. The van der Waals surface area contributed by atoms with Crippen molar-refractivity contribution in [2.24, 2.45) is 0 Å². The van der Waals surface area contributed by atoms with Crippen molar-refractivity contribution in [2.75, 3.05) is 12.0 Å². The summed E-state index contributed by atoms with van der Waals surface area (Å²) in [5.74, 6) is 0.150. The van der Waals surface area contributed by atoms with Crippen LogP contribution in [0.5, 0.6) is 0 Å². The lowest BCUT2D eigenvalue weighted by atomic mass is 10.3. The summed E-state index contributed by atoms with van der Waals surface area (Å²) in [6.07, 6.45) is 1.92. The number of aromatic nitrogens is 2. The van der Waals surface area contributed by atoms with Crippen LogP contribution in [-0.4, -0.2) is 16.0 Å². The summed E-state index contributed by atoms with van der Waals surface area (Å²) >= 11 is 1.51. The van der Waals surface area contributed by atoms with E-state index >= 15 is 0 Å². The third kappa shape index (κ3) is 1.97. The van der Waals surface area contributed by atoms with Crippen LogP contribution in [0.25, 0.3) is 5.69 Å². The van der Waals surface area contributed by atoms with Crippen molar-refractivity contribution in [1.29, 1.82) is 0 Å². The molecule has 1 heterocycles. The number of nitrogens with two attached hydrogens (primary N) is 1. The number of hydrogen-bond acceptors (Lipinski definition) is 3. The number of hydrogen-bond donors (Lipinski definition) is 1. The predicted octanol–water partition coefficient (Wildman–Crippen LogP) is 2.32. The van der Waals surface area contributed by atoms with Crippen LogP contribution in [-0.2, 0) is 0 Å². The van der Waals surface area contributed by atoms with Gasteiger partial charge in [-0.3, -0.25) is 0 Å². The molecule has 2 N–H and O–H groups in total. The maximum atomic E-state index is 13.0. The minimum atomic E-state index is -0.284. The van der Waals surface area contributed by atoms with E-state index in [-0.39, 0.29) is 5.82 Å². The number of thioether (sulfide) groups is 1. The zero-order chi connectivity index (χ0) is 10.8. The highest BCUT2D eigenvalue weighted by atomic mass is 32.2. The second-order valence-electron chi connectivity index (χ2n) is 3.00. The van der Waals surface area contributed by atoms with Gasteiger partial charge >= 0.3 is 0 Å². The summed E-state index contributed by atoms with van der Waals surface area (Å²) in [6.45, 7) is 0. The maximum Gasteiger partial charge on any atom is 0.147 e. The van der Waals surface area contributed by atoms with Crippen molar-refractivity contribution < 1.29 is 4.39 Å². The van der Waals surface area contributed by atoms with Crippen molar-refractivity contribution in [2.45, 2.75) is 5.03 Å². The Balaban J connectivity index is 2.53. The fourth-order valence-electron chi connectivity index (χ4n) is 1.32. The molecule has 2 aromatic rings. The third-order valence-electron chi connectivity index (χ3n) is 1.96. The SMILES string of the molecule is CSc1cc(N)nn1-c1cccc(F)c1. The van der Waals surface area contributed by atoms with Gasteiger partial charge in [0.25, 0.3) is 0 Å². The molecule has 3 nitrogen and oxygen atoms in total. The van der Waals surface area contributed by atoms with Gasteiger partial charge in [-0.1, -0.05) is 6.07 Å². The molecule has 0 spiro atoms. The normalized spacial score (nSPS) is 10.5. The van der Waals surface area contributed by atoms with Crippen LogP contribution in [0.2, 0.25) is 0 Å². The molecule has 0 radical (unpaired) electrons. The molecule has 5 heteroatoms. The van der Waals surface area contributed by atoms with Crippen molar-refractivity contribution in [3.63, 3.8) is 0 Å². The van der Waals surface area contributed by atoms with Crippen LogP contribution in [0.1, 0.15) is 0 Å². The Bertz CT molecular complexity index is 481. The average molecular weight is 223 g/mol. The lowest BCUT2D eigenvalue weighted by molar-refractivity contribution is 0.624. The highest BCUT2D eigenvalue weighted by molar-refractivity contribution is 7.98. The zero-order valence-electron chi connectivity index (χ0n) is 8.14. The minimum absolute atomic E-state index is 0.284. The van der Waals surface area contributed by atoms with E-state index in [1.807, 2.05) is 6.26 Å². The topological polar surface area (TPSA) is 43.8 Å². The van der Waals surface area contributed by atoms with E-state index in [0.29, 0.717) is 11.5 Å². The van der Waals surface area contributed by atoms with Crippen LogP contribution in [0.4, 0.5) is 10.2 Å². The number of rotatable bonds is 2. The Morgan fingerprint density at radius 1 is 1.40 bits per heavy atom. The first-order valence-electron chi connectivity index (χ1n) is 4.36. The maximum absolute atomic E-state index is 13.0. The molecule has 78 valence electrons. The lowest BCUT2D eigenvalue weighted by Gasteiger charge is -2.04. The Hall–Kier alpha value is -1.49. The minimum Gasteiger partial charge on any atom is -0.382 e. The van der Waals surface area contributed by atoms with Gasteiger partial charge in [0.1, 0.15) is 16.7 Å². The van der Waals surface area contributed by atoms with Gasteiger partial charge in [0.2, 0.25) is 0 Å². The summed E-state index contributed by atoms with van der Waals surface area (Å²) in [4.78, 5) is 0. The molecular formula is C10H10FN3S. The fourth-order valence-corrected chi connectivity index (χ4v) is 1.88. The first-order valence-corrected chi connectivity index (χ1v) is 5.58. The molecule has 0 amide bonds. The number of halogens is 1. The van der Waals surface area contributed by atoms with Crippen molar-refractivity contribution in [1.82, 2.24) is 9.78 Å². The van der Waals surface area contributed by atoms with Crippen molar-refractivity contribution in [3.8, 4) is 5.69 Å². The Morgan fingerprint density at radius 3 is 2.87 bits per heavy atom. The van der Waals surface area contributed by atoms with E-state index in [1.165, 1.54) is 23.9 Å². The van der Waals surface area contributed by atoms with Crippen LogP contribution in [0, 0.1) is 5.82 Å². The average Bonchev–Trinajstić information content (AvgIpc) is 2.59. The zero-order valence-corrected chi connectivity index (χ0v) is 8.96. The molecule has 0 aliphatic rings. The second kappa shape index (κ2) is 3.94. The van der Waals surface area contributed by atoms with E-state index in [0.717, 1.165) is 5.03 Å². The number of anilines is 1. The highest BCUT2D eigenvalue weighted by Gasteiger charge is 2.07. The van der Waals surface area contributed by atoms with E-state index in [1.54, 1.807) is 22.9 Å². The molecule has 15 heavy (non-hydrogen) atoms. The largest absolute Gasteiger partial charge is 0.382 e. The quantitative estimate of drug-likeness (QED) is 0.794. The highest BCUT2D eigenvalue weighted by Crippen LogP contribution is 2.22. The standard InChI is InChI=1S/C10H10FN3S/c1-15-10-6-9(12)13-14(10)8-4-2-3-7(11)5-8/h2-6H,1H3,(H2,12,13). The van der Waals surface area contributed by atoms with Crippen LogP contribution in [0.15, 0.2) is 35.4 Å². The molecule has 0 aliphatic heterocycles. The van der Waals surface area contributed by atoms with Gasteiger partial charge in [-0.2, -0.15) is 0 Å². The molecule has 2 rings (SSSR count). The van der Waals surface area contributed by atoms with Crippen molar-refractivity contribution >= 4 is 17.6 Å². The van der Waals surface area contributed by atoms with Gasteiger partial charge in [-0.15, -0.1) is 16.9 Å². The van der Waals surface area contributed by atoms with Gasteiger partial charge in [-0.25, -0.2) is 9.07 Å². The number of benzene rings is 1. The molecule has 1 aromatic heterocycles. The van der Waals surface area contributed by atoms with Gasteiger partial charge in [0.05, 0.1) is 5.69 Å². The molecule has 0 fully saturated rings. The number of nitrogen functional groups attached to an aromatic ring is 1. The van der Waals surface area contributed by atoms with Gasteiger partial charge in [0.15, 0.2) is 0 Å². The van der Waals surface area contributed by atoms with E-state index in [9.17, 15) is 4.39 Å². The predicted molar refractivity (Wildman–Crippen MR) is 59.7 cm³/mol. The van der Waals surface area contributed by atoms with Gasteiger partial charge < -0.3 is 5.73 Å². The fraction of sp³-hybridized carbons (Fsp3) is 0.100. The first-order chi connectivity index (χ1) is 7.20. The first kappa shape index (κ1) is 10.0. The molecule has 0 saturated heterocycles. The van der Waals surface area contributed by atoms with Gasteiger partial charge in [-0.05, 0) is 24.5 Å². The van der Waals surface area contributed by atoms with Crippen LogP contribution >= 0.6 is 11.8 Å².